The normalized spacial score (nSPS) is 19.5. The minimum atomic E-state index is -7.25. The van der Waals surface area contributed by atoms with Gasteiger partial charge in [0.15, 0.2) is 31.0 Å². The van der Waals surface area contributed by atoms with Crippen LogP contribution < -0.4 is 20.3 Å². The van der Waals surface area contributed by atoms with E-state index < -0.39 is 55.3 Å². The van der Waals surface area contributed by atoms with Crippen molar-refractivity contribution in [2.45, 2.75) is 134 Å². The number of hydrogen-bond donors (Lipinski definition) is 2. The van der Waals surface area contributed by atoms with Gasteiger partial charge in [-0.05, 0) is 143 Å². The van der Waals surface area contributed by atoms with Crippen molar-refractivity contribution in [3.63, 3.8) is 0 Å². The van der Waals surface area contributed by atoms with Gasteiger partial charge in [-0.3, -0.25) is 9.80 Å². The highest BCUT2D eigenvalue weighted by molar-refractivity contribution is 7.97. The minimum Gasteiger partial charge on any atom is -0.743 e. The second-order valence-electron chi connectivity index (χ2n) is 23.3. The average molecular weight is 1300 g/mol. The molecule has 4 aliphatic heterocycles. The van der Waals surface area contributed by atoms with Gasteiger partial charge < -0.3 is 24.7 Å². The molecule has 13 nitrogen and oxygen atoms in total. The number of sulfonamides is 1. The Kier molecular flexibility index (Phi) is 21.7. The Hall–Kier alpha value is -7.08. The monoisotopic (exact) mass is 1300 g/mol. The first kappa shape index (κ1) is 67.3. The predicted molar refractivity (Wildman–Crippen MR) is 338 cm³/mol. The first-order valence-corrected chi connectivity index (χ1v) is 34.2. The van der Waals surface area contributed by atoms with Crippen molar-refractivity contribution in [2.24, 2.45) is 11.8 Å². The van der Waals surface area contributed by atoms with Gasteiger partial charge >= 0.3 is 22.5 Å². The highest BCUT2D eigenvalue weighted by atomic mass is 32.2. The van der Waals surface area contributed by atoms with E-state index in [0.717, 1.165) is 59.7 Å². The molecular formula is C68H75F6N5O8S3. The molecule has 4 atom stereocenters. The van der Waals surface area contributed by atoms with E-state index in [4.69, 9.17) is 9.47 Å². The first-order chi connectivity index (χ1) is 42.9. The fourth-order valence-corrected chi connectivity index (χ4v) is 15.6. The summed E-state index contributed by atoms with van der Waals surface area (Å²) < 4.78 is 148. The summed E-state index contributed by atoms with van der Waals surface area (Å²) >= 11 is 0. The van der Waals surface area contributed by atoms with Crippen LogP contribution in [-0.2, 0) is 42.3 Å². The number of hydrogen-bond acceptors (Lipinski definition) is 11. The average Bonchev–Trinajstić information content (AvgIpc) is 0.840. The Morgan fingerprint density at radius 1 is 0.600 bits per heavy atom. The van der Waals surface area contributed by atoms with E-state index >= 15 is 0 Å². The number of anilines is 3. The number of likely N-dealkylation sites (tertiary alicyclic amines) is 1. The van der Waals surface area contributed by atoms with Crippen LogP contribution in [0.3, 0.4) is 0 Å². The van der Waals surface area contributed by atoms with Crippen LogP contribution in [0.4, 0.5) is 48.2 Å². The second kappa shape index (κ2) is 29.0. The van der Waals surface area contributed by atoms with E-state index in [2.05, 4.69) is 113 Å². The van der Waals surface area contributed by atoms with Gasteiger partial charge in [-0.2, -0.15) is 30.6 Å². The first-order valence-electron chi connectivity index (χ1n) is 30.2. The molecule has 3 fully saturated rings. The number of alkyl halides is 6. The van der Waals surface area contributed by atoms with Gasteiger partial charge in [0.1, 0.15) is 17.5 Å². The molecule has 1 amide bonds. The smallest absolute Gasteiger partial charge is 0.428 e. The van der Waals surface area contributed by atoms with E-state index in [-0.39, 0.29) is 51.9 Å². The zero-order valence-corrected chi connectivity index (χ0v) is 52.7. The molecule has 7 aromatic rings. The lowest BCUT2D eigenvalue weighted by atomic mass is 9.76. The molecule has 4 heterocycles. The molecule has 5 aliphatic rings. The van der Waals surface area contributed by atoms with Crippen molar-refractivity contribution in [2.75, 3.05) is 41.7 Å². The standard InChI is InChI=1S/C24H26NS.C19H22N2O2.C13H11NO.C12H17F6NO5S2/c1-4-12-22(13-5-1)26(23-14-6-2-7-15-23)24-16-10-11-21(19-24)20-25-17-8-3-9-18-25;1-4-19(2,3)23-18(22)21-16-13-9-8-12-15(16)20-17(21)14-10-6-5-7-11-14;1-2-6-10(7-3-1)13-14-11-8-4-5-9-12(11)15-13;13-10(14,12(17,18)26(22,23)24)11(15,16)25(20,21)19-6-5-8-3-1-2-4-9(8)7-19/h1-2,4-7,10-16,19H,3,8-9,17-18,20H2;5-13,17,20H,4H2,1-3H3;1-9,13-14H;8-9H,1-7H2,(H,22,23,24)/q+1;;;/p-1. The summed E-state index contributed by atoms with van der Waals surface area (Å²) in [7, 11) is -13.6. The lowest BCUT2D eigenvalue weighted by Crippen LogP contribution is -2.64. The number of amides is 1. The quantitative estimate of drug-likeness (QED) is 0.0606. The van der Waals surface area contributed by atoms with Gasteiger partial charge in [0, 0.05) is 25.2 Å². The molecule has 4 unspecified atom stereocenters. The van der Waals surface area contributed by atoms with Gasteiger partial charge in [0.05, 0.1) is 28.0 Å². The van der Waals surface area contributed by atoms with Crippen molar-refractivity contribution >= 4 is 54.2 Å². The number of fused-ring (bicyclic) bond motifs is 3. The number of carbonyl (C=O) groups is 1. The highest BCUT2D eigenvalue weighted by Crippen LogP contribution is 2.52. The third-order valence-corrected chi connectivity index (χ3v) is 21.7. The number of ether oxygens (including phenoxy) is 2. The SMILES string of the molecule is CCC(C)(C)OC(=O)N1c2ccccc2NC1c1ccccc1.O=S(=O)([O-])C(F)(F)C(F)(F)C(F)(F)S(=O)(=O)N1CCC2CCCCC2C1.c1ccc(C2Nc3ccccc3O2)cc1.c1ccc([S+](c2ccccc2)c2cccc(CN3CCCCC3)c2)cc1. The molecule has 1 aliphatic carbocycles. The molecule has 0 aromatic heterocycles. The van der Waals surface area contributed by atoms with Crippen LogP contribution in [0.5, 0.6) is 5.75 Å². The van der Waals surface area contributed by atoms with Crippen LogP contribution in [0.25, 0.3) is 0 Å². The largest absolute Gasteiger partial charge is 0.743 e. The fourth-order valence-electron chi connectivity index (χ4n) is 11.5. The fraction of sp³-hybridized carbons (Fsp3) is 0.368. The Bertz CT molecular complexity index is 3650. The number of para-hydroxylation sites is 4. The van der Waals surface area contributed by atoms with Crippen LogP contribution in [0.15, 0.2) is 209 Å². The van der Waals surface area contributed by atoms with Gasteiger partial charge in [0.25, 0.3) is 10.0 Å². The molecule has 7 aromatic carbocycles. The molecular weight excluding hydrogens is 1220 g/mol. The van der Waals surface area contributed by atoms with E-state index in [9.17, 15) is 52.5 Å². The Labute approximate surface area is 526 Å². The molecule has 480 valence electrons. The molecule has 1 saturated carbocycles. The number of nitrogens with one attached hydrogen (secondary N) is 2. The van der Waals surface area contributed by atoms with Gasteiger partial charge in [0.2, 0.25) is 0 Å². The summed E-state index contributed by atoms with van der Waals surface area (Å²) in [6, 6.07) is 66.9. The van der Waals surface area contributed by atoms with Crippen molar-refractivity contribution in [3.05, 3.63) is 211 Å². The van der Waals surface area contributed by atoms with Crippen molar-refractivity contribution in [3.8, 4) is 5.75 Å². The number of halogens is 6. The van der Waals surface area contributed by atoms with Crippen molar-refractivity contribution in [1.29, 1.82) is 0 Å². The molecule has 12 rings (SSSR count). The van der Waals surface area contributed by atoms with Crippen LogP contribution in [0, 0.1) is 11.8 Å². The molecule has 2 N–H and O–H groups in total. The second-order valence-corrected chi connectivity index (χ2v) is 28.7. The number of nitrogens with zero attached hydrogens (tertiary/aromatic N) is 3. The number of piperidine rings is 2. The molecule has 0 spiro atoms. The van der Waals surface area contributed by atoms with Gasteiger partial charge in [-0.15, -0.1) is 0 Å². The van der Waals surface area contributed by atoms with E-state index in [1.54, 1.807) is 4.90 Å². The van der Waals surface area contributed by atoms with Crippen molar-refractivity contribution in [1.82, 2.24) is 9.21 Å². The maximum atomic E-state index is 14.0. The zero-order valence-electron chi connectivity index (χ0n) is 50.3. The van der Waals surface area contributed by atoms with E-state index in [1.165, 1.54) is 52.6 Å². The highest BCUT2D eigenvalue weighted by Gasteiger charge is 2.81. The predicted octanol–water partition coefficient (Wildman–Crippen LogP) is 16.1. The number of benzene rings is 7. The summed E-state index contributed by atoms with van der Waals surface area (Å²) in [4.78, 5) is 21.3. The van der Waals surface area contributed by atoms with Gasteiger partial charge in [-0.25, -0.2) is 21.6 Å². The molecule has 0 bridgehead atoms. The maximum absolute atomic E-state index is 14.0. The topological polar surface area (TPSA) is 161 Å². The molecule has 2 saturated heterocycles. The van der Waals surface area contributed by atoms with Crippen LogP contribution >= 0.6 is 0 Å². The summed E-state index contributed by atoms with van der Waals surface area (Å²) in [5.41, 5.74) is 5.96. The summed E-state index contributed by atoms with van der Waals surface area (Å²) in [6.45, 7) is 8.31. The molecule has 22 heteroatoms. The third kappa shape index (κ3) is 15.4. The van der Waals surface area contributed by atoms with Crippen LogP contribution in [0.2, 0.25) is 0 Å². The van der Waals surface area contributed by atoms with Crippen LogP contribution in [-0.4, -0.2) is 84.9 Å². The molecule has 90 heavy (non-hydrogen) atoms. The summed E-state index contributed by atoms with van der Waals surface area (Å²) in [5, 5.41) is -6.55. The maximum Gasteiger partial charge on any atom is 0.428 e. The zero-order chi connectivity index (χ0) is 64.3. The van der Waals surface area contributed by atoms with E-state index in [1.807, 2.05) is 118 Å². The number of carbonyl (C=O) groups excluding carboxylic acids is 1. The van der Waals surface area contributed by atoms with Crippen LogP contribution in [0.1, 0.15) is 108 Å². The van der Waals surface area contributed by atoms with Crippen molar-refractivity contribution < 1.29 is 62.0 Å². The third-order valence-electron chi connectivity index (χ3n) is 16.7. The minimum absolute atomic E-state index is 0.0130. The lowest BCUT2D eigenvalue weighted by molar-refractivity contribution is -0.247. The summed E-state index contributed by atoms with van der Waals surface area (Å²) in [5.74, 6) is -6.37. The Morgan fingerprint density at radius 3 is 1.72 bits per heavy atom. The van der Waals surface area contributed by atoms with E-state index in [0.29, 0.717) is 12.8 Å². The van der Waals surface area contributed by atoms with Gasteiger partial charge in [-0.1, -0.05) is 166 Å². The Morgan fingerprint density at radius 2 is 1.13 bits per heavy atom. The summed E-state index contributed by atoms with van der Waals surface area (Å²) in [6.07, 6.45) is 7.04. The number of rotatable bonds is 14. The Balaban J connectivity index is 0.000000145. The molecule has 0 radical (unpaired) electrons. The lowest BCUT2D eigenvalue weighted by Gasteiger charge is -2.42.